The molecule has 0 bridgehead atoms. The molecule has 1 N–H and O–H groups in total. The molecule has 0 amide bonds. The summed E-state index contributed by atoms with van der Waals surface area (Å²) in [6.45, 7) is 2.18. The zero-order valence-electron chi connectivity index (χ0n) is 11.1. The minimum atomic E-state index is -1.03. The van der Waals surface area contributed by atoms with Crippen LogP contribution in [-0.4, -0.2) is 11.1 Å². The van der Waals surface area contributed by atoms with Crippen LogP contribution in [0.2, 0.25) is 0 Å². The molecule has 0 saturated carbocycles. The second-order valence-corrected chi connectivity index (χ2v) is 4.63. The van der Waals surface area contributed by atoms with E-state index in [1.807, 2.05) is 18.2 Å². The molecule has 0 saturated heterocycles. The number of carboxylic acids is 1. The summed E-state index contributed by atoms with van der Waals surface area (Å²) in [7, 11) is 0. The quantitative estimate of drug-likeness (QED) is 0.782. The van der Waals surface area contributed by atoms with Crippen LogP contribution < -0.4 is 0 Å². The van der Waals surface area contributed by atoms with Gasteiger partial charge in [-0.05, 0) is 30.0 Å². The maximum absolute atomic E-state index is 11.1. The fraction of sp³-hybridized carbons (Fsp3) is 0.312. The topological polar surface area (TPSA) is 50.4 Å². The summed E-state index contributed by atoms with van der Waals surface area (Å²) in [5.74, 6) is -1.03. The summed E-state index contributed by atoms with van der Waals surface area (Å²) in [5.41, 5.74) is 2.79. The Hall–Kier alpha value is -2.03. The van der Waals surface area contributed by atoms with E-state index in [2.05, 4.69) is 13.0 Å². The zero-order valence-corrected chi connectivity index (χ0v) is 11.1. The Morgan fingerprint density at radius 2 is 2.11 bits per heavy atom. The first-order valence-corrected chi connectivity index (χ1v) is 6.62. The lowest BCUT2D eigenvalue weighted by atomic mass is 10.0. The maximum Gasteiger partial charge on any atom is 0.372 e. The van der Waals surface area contributed by atoms with Crippen LogP contribution in [0.1, 0.15) is 42.3 Å². The Labute approximate surface area is 112 Å². The third kappa shape index (κ3) is 3.25. The van der Waals surface area contributed by atoms with Gasteiger partial charge in [0.05, 0.1) is 6.26 Å². The van der Waals surface area contributed by atoms with Crippen molar-refractivity contribution in [2.24, 2.45) is 0 Å². The highest BCUT2D eigenvalue weighted by Crippen LogP contribution is 2.26. The van der Waals surface area contributed by atoms with Crippen molar-refractivity contribution < 1.29 is 14.3 Å². The normalized spacial score (nSPS) is 10.6. The number of benzene rings is 1. The van der Waals surface area contributed by atoms with Gasteiger partial charge in [0.25, 0.3) is 0 Å². The van der Waals surface area contributed by atoms with E-state index in [1.165, 1.54) is 24.7 Å². The smallest absolute Gasteiger partial charge is 0.372 e. The van der Waals surface area contributed by atoms with Crippen LogP contribution in [0, 0.1) is 0 Å². The standard InChI is InChI=1S/C16H18O3/c1-2-3-4-6-12-7-5-8-13(11-12)14-9-10-19-15(14)16(17)18/h5,7-11H,2-4,6H2,1H3,(H,17,18). The molecule has 0 aliphatic rings. The van der Waals surface area contributed by atoms with Crippen molar-refractivity contribution in [2.75, 3.05) is 0 Å². The number of carboxylic acid groups (broad SMARTS) is 1. The number of aromatic carboxylic acids is 1. The van der Waals surface area contributed by atoms with Gasteiger partial charge in [0.15, 0.2) is 0 Å². The molecule has 1 heterocycles. The van der Waals surface area contributed by atoms with Crippen LogP contribution >= 0.6 is 0 Å². The van der Waals surface area contributed by atoms with Gasteiger partial charge < -0.3 is 9.52 Å². The lowest BCUT2D eigenvalue weighted by Crippen LogP contribution is -1.96. The van der Waals surface area contributed by atoms with Crippen LogP contribution in [0.4, 0.5) is 0 Å². The molecule has 0 spiro atoms. The van der Waals surface area contributed by atoms with Crippen LogP contribution in [-0.2, 0) is 6.42 Å². The lowest BCUT2D eigenvalue weighted by Gasteiger charge is -2.04. The van der Waals surface area contributed by atoms with Gasteiger partial charge in [-0.15, -0.1) is 0 Å². The van der Waals surface area contributed by atoms with Crippen molar-refractivity contribution in [1.82, 2.24) is 0 Å². The van der Waals surface area contributed by atoms with Crippen molar-refractivity contribution in [1.29, 1.82) is 0 Å². The molecular weight excluding hydrogens is 240 g/mol. The number of furan rings is 1. The van der Waals surface area contributed by atoms with E-state index in [0.29, 0.717) is 5.56 Å². The largest absolute Gasteiger partial charge is 0.475 e. The lowest BCUT2D eigenvalue weighted by molar-refractivity contribution is 0.0663. The van der Waals surface area contributed by atoms with E-state index < -0.39 is 5.97 Å². The van der Waals surface area contributed by atoms with Crippen molar-refractivity contribution in [3.05, 3.63) is 47.9 Å². The van der Waals surface area contributed by atoms with E-state index in [1.54, 1.807) is 6.07 Å². The van der Waals surface area contributed by atoms with Crippen molar-refractivity contribution >= 4 is 5.97 Å². The van der Waals surface area contributed by atoms with Crippen LogP contribution in [0.15, 0.2) is 41.0 Å². The molecule has 0 aliphatic carbocycles. The molecule has 3 nitrogen and oxygen atoms in total. The van der Waals surface area contributed by atoms with Gasteiger partial charge >= 0.3 is 5.97 Å². The molecule has 1 aromatic carbocycles. The molecule has 0 atom stereocenters. The maximum atomic E-state index is 11.1. The fourth-order valence-electron chi connectivity index (χ4n) is 2.18. The van der Waals surface area contributed by atoms with E-state index in [0.717, 1.165) is 18.4 Å². The fourth-order valence-corrected chi connectivity index (χ4v) is 2.18. The van der Waals surface area contributed by atoms with Crippen LogP contribution in [0.25, 0.3) is 11.1 Å². The number of hydrogen-bond acceptors (Lipinski definition) is 2. The number of unbranched alkanes of at least 4 members (excludes halogenated alkanes) is 2. The average Bonchev–Trinajstić information content (AvgIpc) is 2.89. The van der Waals surface area contributed by atoms with E-state index >= 15 is 0 Å². The summed E-state index contributed by atoms with van der Waals surface area (Å²) in [5, 5.41) is 9.06. The average molecular weight is 258 g/mol. The highest BCUT2D eigenvalue weighted by Gasteiger charge is 2.15. The molecule has 2 aromatic rings. The summed E-state index contributed by atoms with van der Waals surface area (Å²) in [4.78, 5) is 11.1. The molecule has 19 heavy (non-hydrogen) atoms. The molecule has 2 rings (SSSR count). The summed E-state index contributed by atoms with van der Waals surface area (Å²) in [6, 6.07) is 9.72. The van der Waals surface area contributed by atoms with Gasteiger partial charge in [-0.1, -0.05) is 44.0 Å². The number of rotatable bonds is 6. The number of aryl methyl sites for hydroxylation is 1. The molecular formula is C16H18O3. The Bertz CT molecular complexity index is 555. The van der Waals surface area contributed by atoms with Crippen molar-refractivity contribution in [3.8, 4) is 11.1 Å². The molecule has 0 fully saturated rings. The predicted molar refractivity (Wildman–Crippen MR) is 74.3 cm³/mol. The van der Waals surface area contributed by atoms with Gasteiger partial charge in [0, 0.05) is 5.56 Å². The molecule has 100 valence electrons. The Morgan fingerprint density at radius 1 is 1.26 bits per heavy atom. The van der Waals surface area contributed by atoms with E-state index in [4.69, 9.17) is 9.52 Å². The second kappa shape index (κ2) is 6.23. The van der Waals surface area contributed by atoms with Gasteiger partial charge in [0.2, 0.25) is 5.76 Å². The van der Waals surface area contributed by atoms with Gasteiger partial charge in [-0.3, -0.25) is 0 Å². The third-order valence-electron chi connectivity index (χ3n) is 3.17. The second-order valence-electron chi connectivity index (χ2n) is 4.63. The van der Waals surface area contributed by atoms with Gasteiger partial charge in [-0.25, -0.2) is 4.79 Å². The Morgan fingerprint density at radius 3 is 2.84 bits per heavy atom. The van der Waals surface area contributed by atoms with Crippen molar-refractivity contribution in [3.63, 3.8) is 0 Å². The Balaban J connectivity index is 2.22. The highest BCUT2D eigenvalue weighted by molar-refractivity contribution is 5.93. The first-order chi connectivity index (χ1) is 9.22. The first-order valence-electron chi connectivity index (χ1n) is 6.62. The van der Waals surface area contributed by atoms with Crippen molar-refractivity contribution in [2.45, 2.75) is 32.6 Å². The molecule has 0 radical (unpaired) electrons. The minimum absolute atomic E-state index is 0.00529. The van der Waals surface area contributed by atoms with E-state index in [-0.39, 0.29) is 5.76 Å². The van der Waals surface area contributed by atoms with Gasteiger partial charge in [-0.2, -0.15) is 0 Å². The number of carbonyl (C=O) groups is 1. The SMILES string of the molecule is CCCCCc1cccc(-c2ccoc2C(=O)O)c1. The molecule has 0 aliphatic heterocycles. The van der Waals surface area contributed by atoms with E-state index in [9.17, 15) is 4.79 Å². The minimum Gasteiger partial charge on any atom is -0.475 e. The van der Waals surface area contributed by atoms with Gasteiger partial charge in [0.1, 0.15) is 0 Å². The predicted octanol–water partition coefficient (Wildman–Crippen LogP) is 4.38. The summed E-state index contributed by atoms with van der Waals surface area (Å²) >= 11 is 0. The number of hydrogen-bond donors (Lipinski definition) is 1. The summed E-state index contributed by atoms with van der Waals surface area (Å²) in [6.07, 6.45) is 6.03. The monoisotopic (exact) mass is 258 g/mol. The molecule has 3 heteroatoms. The third-order valence-corrected chi connectivity index (χ3v) is 3.17. The molecule has 0 unspecified atom stereocenters. The summed E-state index contributed by atoms with van der Waals surface area (Å²) < 4.78 is 5.02. The zero-order chi connectivity index (χ0) is 13.7. The Kier molecular flexibility index (Phi) is 4.39. The first kappa shape index (κ1) is 13.4. The van der Waals surface area contributed by atoms with Crippen LogP contribution in [0.3, 0.4) is 0 Å². The highest BCUT2D eigenvalue weighted by atomic mass is 16.4. The van der Waals surface area contributed by atoms with Crippen LogP contribution in [0.5, 0.6) is 0 Å². The molecule has 1 aromatic heterocycles.